The van der Waals surface area contributed by atoms with Crippen LogP contribution < -0.4 is 11.3 Å². The number of nitrogens with one attached hydrogen (secondary N) is 1. The summed E-state index contributed by atoms with van der Waals surface area (Å²) in [5, 5.41) is -0.201. The molecule has 0 aliphatic rings. The van der Waals surface area contributed by atoms with Gasteiger partial charge in [-0.3, -0.25) is 5.84 Å². The number of fused-ring (bicyclic) bond motifs is 1. The van der Waals surface area contributed by atoms with Crippen molar-refractivity contribution >= 4 is 32.5 Å². The van der Waals surface area contributed by atoms with E-state index in [-0.39, 0.29) is 15.5 Å². The largest absolute Gasteiger partial charge is 0.433 e. The maximum atomic E-state index is 13.6. The Labute approximate surface area is 111 Å². The number of nitrogens with zero attached hydrogens (tertiary/aromatic N) is 1. The lowest BCUT2D eigenvalue weighted by atomic mass is 10.1. The third-order valence-corrected chi connectivity index (χ3v) is 3.15. The Kier molecular flexibility index (Phi) is 3.35. The second-order valence-electron chi connectivity index (χ2n) is 3.57. The van der Waals surface area contributed by atoms with Crippen LogP contribution in [0.3, 0.4) is 0 Å². The number of pyridine rings is 1. The van der Waals surface area contributed by atoms with E-state index in [0.717, 1.165) is 0 Å². The molecular weight excluding hydrogens is 337 g/mol. The predicted octanol–water partition coefficient (Wildman–Crippen LogP) is 3.58. The Hall–Kier alpha value is -1.48. The smallest absolute Gasteiger partial charge is 0.323 e. The van der Waals surface area contributed by atoms with Crippen molar-refractivity contribution in [1.82, 2.24) is 4.98 Å². The first-order valence-corrected chi connectivity index (χ1v) is 5.57. The van der Waals surface area contributed by atoms with E-state index >= 15 is 0 Å². The van der Waals surface area contributed by atoms with E-state index in [4.69, 9.17) is 5.84 Å². The maximum absolute atomic E-state index is 13.6. The predicted molar refractivity (Wildman–Crippen MR) is 62.2 cm³/mol. The first-order chi connectivity index (χ1) is 8.75. The molecule has 102 valence electrons. The molecule has 3 N–H and O–H groups in total. The van der Waals surface area contributed by atoms with Crippen molar-refractivity contribution in [2.24, 2.45) is 5.84 Å². The lowest BCUT2D eigenvalue weighted by Gasteiger charge is -2.13. The number of nitrogens with two attached hydrogens (primary N) is 1. The van der Waals surface area contributed by atoms with Gasteiger partial charge in [0.1, 0.15) is 17.0 Å². The molecule has 0 bridgehead atoms. The van der Waals surface area contributed by atoms with Gasteiger partial charge < -0.3 is 5.43 Å². The van der Waals surface area contributed by atoms with Crippen molar-refractivity contribution in [3.05, 3.63) is 33.9 Å². The van der Waals surface area contributed by atoms with Gasteiger partial charge in [-0.1, -0.05) is 0 Å². The zero-order chi connectivity index (χ0) is 14.4. The molecule has 2 rings (SSSR count). The number of alkyl halides is 3. The average molecular weight is 342 g/mol. The molecule has 0 spiro atoms. The fourth-order valence-corrected chi connectivity index (χ4v) is 2.08. The Balaban J connectivity index is 2.93. The van der Waals surface area contributed by atoms with Crippen molar-refractivity contribution < 1.29 is 22.0 Å². The van der Waals surface area contributed by atoms with E-state index in [1.807, 2.05) is 5.43 Å². The molecule has 2 aromatic rings. The molecule has 0 amide bonds. The summed E-state index contributed by atoms with van der Waals surface area (Å²) >= 11 is 2.82. The number of halogens is 6. The summed E-state index contributed by atoms with van der Waals surface area (Å²) in [4.78, 5) is 3.16. The van der Waals surface area contributed by atoms with Crippen LogP contribution in [0.15, 0.2) is 16.6 Å². The molecule has 0 aliphatic heterocycles. The van der Waals surface area contributed by atoms with E-state index in [1.165, 1.54) is 0 Å². The number of anilines is 1. The summed E-state index contributed by atoms with van der Waals surface area (Å²) < 4.78 is 64.5. The lowest BCUT2D eigenvalue weighted by molar-refractivity contribution is -0.140. The third kappa shape index (κ3) is 2.35. The highest BCUT2D eigenvalue weighted by Crippen LogP contribution is 2.37. The summed E-state index contributed by atoms with van der Waals surface area (Å²) in [5.74, 6) is 2.91. The van der Waals surface area contributed by atoms with Crippen molar-refractivity contribution in [3.63, 3.8) is 0 Å². The number of hydrogen-bond acceptors (Lipinski definition) is 3. The second-order valence-corrected chi connectivity index (χ2v) is 4.37. The lowest BCUT2D eigenvalue weighted by Crippen LogP contribution is -2.13. The van der Waals surface area contributed by atoms with Crippen LogP contribution in [-0.4, -0.2) is 4.98 Å². The molecule has 1 aromatic heterocycles. The van der Waals surface area contributed by atoms with Gasteiger partial charge in [0.15, 0.2) is 5.82 Å². The summed E-state index contributed by atoms with van der Waals surface area (Å²) in [6, 6.07) is 1.02. The minimum absolute atomic E-state index is 0.201. The molecule has 0 saturated heterocycles. The standard InChI is InChI=1S/C10H5BrF5N3/c11-8-3(12)1-4(13)9-7(8)5(19-17)2-6(18-9)10(14,15)16/h1-2H,17H2,(H,18,19). The van der Waals surface area contributed by atoms with Crippen LogP contribution >= 0.6 is 15.9 Å². The van der Waals surface area contributed by atoms with Gasteiger partial charge in [0.05, 0.1) is 10.2 Å². The number of aromatic nitrogens is 1. The number of hydrogen-bond donors (Lipinski definition) is 2. The first kappa shape index (κ1) is 13.9. The van der Waals surface area contributed by atoms with Gasteiger partial charge in [-0.2, -0.15) is 13.2 Å². The molecule has 3 nitrogen and oxygen atoms in total. The molecule has 0 fully saturated rings. The molecular formula is C10H5BrF5N3. The summed E-state index contributed by atoms with van der Waals surface area (Å²) in [6.45, 7) is 0. The van der Waals surface area contributed by atoms with Gasteiger partial charge in [-0.25, -0.2) is 13.8 Å². The molecule has 1 heterocycles. The topological polar surface area (TPSA) is 50.9 Å². The first-order valence-electron chi connectivity index (χ1n) is 4.77. The number of nitrogen functional groups attached to an aromatic ring is 1. The highest BCUT2D eigenvalue weighted by Gasteiger charge is 2.34. The number of hydrazine groups is 1. The van der Waals surface area contributed by atoms with Gasteiger partial charge in [0, 0.05) is 11.5 Å². The monoisotopic (exact) mass is 341 g/mol. The van der Waals surface area contributed by atoms with Crippen molar-refractivity contribution in [2.75, 3.05) is 5.43 Å². The molecule has 0 saturated carbocycles. The Morgan fingerprint density at radius 1 is 1.16 bits per heavy atom. The molecule has 0 radical (unpaired) electrons. The number of benzene rings is 1. The Morgan fingerprint density at radius 3 is 2.32 bits per heavy atom. The molecule has 0 aliphatic carbocycles. The van der Waals surface area contributed by atoms with Crippen LogP contribution in [0.5, 0.6) is 0 Å². The minimum Gasteiger partial charge on any atom is -0.323 e. The van der Waals surface area contributed by atoms with E-state index in [0.29, 0.717) is 12.1 Å². The van der Waals surface area contributed by atoms with Gasteiger partial charge in [0.25, 0.3) is 0 Å². The zero-order valence-electron chi connectivity index (χ0n) is 8.95. The molecule has 1 aromatic carbocycles. The van der Waals surface area contributed by atoms with Crippen LogP contribution in [0.4, 0.5) is 27.6 Å². The molecule has 19 heavy (non-hydrogen) atoms. The highest BCUT2D eigenvalue weighted by atomic mass is 79.9. The van der Waals surface area contributed by atoms with Crippen molar-refractivity contribution in [3.8, 4) is 0 Å². The van der Waals surface area contributed by atoms with Gasteiger partial charge >= 0.3 is 6.18 Å². The molecule has 9 heteroatoms. The van der Waals surface area contributed by atoms with Gasteiger partial charge in [-0.15, -0.1) is 0 Å². The van der Waals surface area contributed by atoms with Gasteiger partial charge in [-0.05, 0) is 22.0 Å². The van der Waals surface area contributed by atoms with E-state index < -0.39 is 29.0 Å². The maximum Gasteiger partial charge on any atom is 0.433 e. The zero-order valence-corrected chi connectivity index (χ0v) is 10.5. The molecule has 0 atom stereocenters. The normalized spacial score (nSPS) is 11.9. The van der Waals surface area contributed by atoms with Crippen molar-refractivity contribution in [2.45, 2.75) is 6.18 Å². The van der Waals surface area contributed by atoms with Crippen LogP contribution in [0.2, 0.25) is 0 Å². The van der Waals surface area contributed by atoms with Crippen LogP contribution in [0, 0.1) is 11.6 Å². The number of rotatable bonds is 1. The van der Waals surface area contributed by atoms with Crippen LogP contribution in [0.25, 0.3) is 10.9 Å². The quantitative estimate of drug-likeness (QED) is 0.361. The minimum atomic E-state index is -4.77. The fraction of sp³-hybridized carbons (Fsp3) is 0.100. The summed E-state index contributed by atoms with van der Waals surface area (Å²) in [5.41, 5.74) is -0.272. The molecule has 0 unspecified atom stereocenters. The van der Waals surface area contributed by atoms with E-state index in [9.17, 15) is 22.0 Å². The fourth-order valence-electron chi connectivity index (χ4n) is 1.56. The summed E-state index contributed by atoms with van der Waals surface area (Å²) in [7, 11) is 0. The highest BCUT2D eigenvalue weighted by molar-refractivity contribution is 9.10. The van der Waals surface area contributed by atoms with Crippen LogP contribution in [-0.2, 0) is 6.18 Å². The van der Waals surface area contributed by atoms with E-state index in [1.54, 1.807) is 0 Å². The average Bonchev–Trinajstić information content (AvgIpc) is 2.33. The van der Waals surface area contributed by atoms with E-state index in [2.05, 4.69) is 20.9 Å². The Morgan fingerprint density at radius 2 is 1.79 bits per heavy atom. The van der Waals surface area contributed by atoms with Gasteiger partial charge in [0.2, 0.25) is 0 Å². The second kappa shape index (κ2) is 4.57. The van der Waals surface area contributed by atoms with Crippen molar-refractivity contribution in [1.29, 1.82) is 0 Å². The third-order valence-electron chi connectivity index (χ3n) is 2.37. The van der Waals surface area contributed by atoms with Crippen LogP contribution in [0.1, 0.15) is 5.69 Å². The SMILES string of the molecule is NNc1cc(C(F)(F)F)nc2c(F)cc(F)c(Br)c12. The summed E-state index contributed by atoms with van der Waals surface area (Å²) in [6.07, 6.45) is -4.77. The Bertz CT molecular complexity index is 656.